The van der Waals surface area contributed by atoms with Gasteiger partial charge in [-0.2, -0.15) is 0 Å². The molecule has 0 fully saturated rings. The number of halogens is 1. The smallest absolute Gasteiger partial charge is 0.0654 e. The van der Waals surface area contributed by atoms with E-state index in [0.29, 0.717) is 5.88 Å². The Balaban J connectivity index is 2.79. The minimum Gasteiger partial charge on any atom is -0.264 e. The van der Waals surface area contributed by atoms with Gasteiger partial charge in [0.15, 0.2) is 0 Å². The SMILES string of the molecule is ClCc1nccc2ccncc12. The van der Waals surface area contributed by atoms with Gasteiger partial charge in [0.05, 0.1) is 11.6 Å². The average molecular weight is 179 g/mol. The van der Waals surface area contributed by atoms with Gasteiger partial charge in [0, 0.05) is 24.0 Å². The highest BCUT2D eigenvalue weighted by Crippen LogP contribution is 2.15. The number of aromatic nitrogens is 2. The van der Waals surface area contributed by atoms with Gasteiger partial charge in [0.1, 0.15) is 0 Å². The first-order valence-electron chi connectivity index (χ1n) is 3.65. The molecule has 2 aromatic rings. The Labute approximate surface area is 75.2 Å². The first-order chi connectivity index (χ1) is 5.92. The molecule has 0 saturated heterocycles. The van der Waals surface area contributed by atoms with Crippen LogP contribution in [0.2, 0.25) is 0 Å². The molecule has 0 atom stereocenters. The molecule has 0 aliphatic rings. The normalized spacial score (nSPS) is 10.4. The zero-order valence-electron chi connectivity index (χ0n) is 6.37. The first-order valence-corrected chi connectivity index (χ1v) is 4.19. The van der Waals surface area contributed by atoms with Crippen molar-refractivity contribution in [1.82, 2.24) is 9.97 Å². The van der Waals surface area contributed by atoms with Crippen LogP contribution in [0.1, 0.15) is 5.69 Å². The highest BCUT2D eigenvalue weighted by molar-refractivity contribution is 6.17. The molecule has 0 aliphatic carbocycles. The second-order valence-electron chi connectivity index (χ2n) is 2.49. The molecule has 0 spiro atoms. The molecule has 0 bridgehead atoms. The summed E-state index contributed by atoms with van der Waals surface area (Å²) in [6.45, 7) is 0. The standard InChI is InChI=1S/C9H7ClN2/c10-5-9-8-6-11-3-1-7(8)2-4-12-9/h1-4,6H,5H2. The van der Waals surface area contributed by atoms with E-state index in [4.69, 9.17) is 11.6 Å². The van der Waals surface area contributed by atoms with E-state index in [1.807, 2.05) is 12.1 Å². The lowest BCUT2D eigenvalue weighted by Crippen LogP contribution is -1.87. The second-order valence-corrected chi connectivity index (χ2v) is 2.76. The fourth-order valence-electron chi connectivity index (χ4n) is 1.18. The van der Waals surface area contributed by atoms with Crippen molar-refractivity contribution in [1.29, 1.82) is 0 Å². The third kappa shape index (κ3) is 1.14. The molecule has 0 N–H and O–H groups in total. The summed E-state index contributed by atoms with van der Waals surface area (Å²) in [6.07, 6.45) is 5.32. The Morgan fingerprint density at radius 1 is 1.25 bits per heavy atom. The number of fused-ring (bicyclic) bond motifs is 1. The molecule has 0 amide bonds. The zero-order chi connectivity index (χ0) is 8.39. The highest BCUT2D eigenvalue weighted by Gasteiger charge is 1.98. The molecule has 0 unspecified atom stereocenters. The summed E-state index contributed by atoms with van der Waals surface area (Å²) >= 11 is 5.72. The number of alkyl halides is 1. The lowest BCUT2D eigenvalue weighted by Gasteiger charge is -1.99. The summed E-state index contributed by atoms with van der Waals surface area (Å²) in [5.41, 5.74) is 0.891. The van der Waals surface area contributed by atoms with Crippen molar-refractivity contribution in [3.8, 4) is 0 Å². The van der Waals surface area contributed by atoms with Gasteiger partial charge in [0.2, 0.25) is 0 Å². The van der Waals surface area contributed by atoms with Crippen LogP contribution in [-0.2, 0) is 5.88 Å². The number of hydrogen-bond donors (Lipinski definition) is 0. The fourth-order valence-corrected chi connectivity index (χ4v) is 1.39. The van der Waals surface area contributed by atoms with E-state index in [1.165, 1.54) is 0 Å². The van der Waals surface area contributed by atoms with Crippen LogP contribution in [0, 0.1) is 0 Å². The van der Waals surface area contributed by atoms with Gasteiger partial charge in [-0.15, -0.1) is 11.6 Å². The number of nitrogens with zero attached hydrogens (tertiary/aromatic N) is 2. The Morgan fingerprint density at radius 2 is 2.08 bits per heavy atom. The van der Waals surface area contributed by atoms with Crippen molar-refractivity contribution in [2.45, 2.75) is 5.88 Å². The van der Waals surface area contributed by atoms with Crippen LogP contribution in [0.25, 0.3) is 10.8 Å². The van der Waals surface area contributed by atoms with Crippen molar-refractivity contribution in [2.75, 3.05) is 0 Å². The third-order valence-electron chi connectivity index (χ3n) is 1.78. The van der Waals surface area contributed by atoms with E-state index in [0.717, 1.165) is 16.5 Å². The lowest BCUT2D eigenvalue weighted by atomic mass is 10.2. The topological polar surface area (TPSA) is 25.8 Å². The van der Waals surface area contributed by atoms with Crippen LogP contribution < -0.4 is 0 Å². The molecule has 0 radical (unpaired) electrons. The third-order valence-corrected chi connectivity index (χ3v) is 2.03. The molecule has 3 heteroatoms. The molecule has 2 heterocycles. The maximum absolute atomic E-state index is 5.72. The molecule has 2 aromatic heterocycles. The summed E-state index contributed by atoms with van der Waals surface area (Å²) in [6, 6.07) is 3.90. The van der Waals surface area contributed by atoms with E-state index < -0.39 is 0 Å². The van der Waals surface area contributed by atoms with Crippen molar-refractivity contribution in [3.05, 3.63) is 36.4 Å². The molecule has 0 aliphatic heterocycles. The predicted molar refractivity (Wildman–Crippen MR) is 49.1 cm³/mol. The first kappa shape index (κ1) is 7.50. The lowest BCUT2D eigenvalue weighted by molar-refractivity contribution is 1.19. The predicted octanol–water partition coefficient (Wildman–Crippen LogP) is 2.37. The summed E-state index contributed by atoms with van der Waals surface area (Å²) in [7, 11) is 0. The number of hydrogen-bond acceptors (Lipinski definition) is 2. The number of rotatable bonds is 1. The molecule has 0 aromatic carbocycles. The summed E-state index contributed by atoms with van der Waals surface area (Å²) in [4.78, 5) is 8.18. The van der Waals surface area contributed by atoms with Gasteiger partial charge < -0.3 is 0 Å². The highest BCUT2D eigenvalue weighted by atomic mass is 35.5. The Bertz CT molecular complexity index is 395. The van der Waals surface area contributed by atoms with Crippen LogP contribution in [0.4, 0.5) is 0 Å². The van der Waals surface area contributed by atoms with Gasteiger partial charge in [0.25, 0.3) is 0 Å². The summed E-state index contributed by atoms with van der Waals surface area (Å²) in [5, 5.41) is 2.17. The van der Waals surface area contributed by atoms with Gasteiger partial charge in [-0.3, -0.25) is 9.97 Å². The van der Waals surface area contributed by atoms with E-state index >= 15 is 0 Å². The maximum Gasteiger partial charge on any atom is 0.0654 e. The summed E-state index contributed by atoms with van der Waals surface area (Å²) in [5.74, 6) is 0.434. The molecular formula is C9H7ClN2. The molecule has 0 saturated carbocycles. The monoisotopic (exact) mass is 178 g/mol. The van der Waals surface area contributed by atoms with Crippen molar-refractivity contribution in [2.24, 2.45) is 0 Å². The molecule has 12 heavy (non-hydrogen) atoms. The van der Waals surface area contributed by atoms with Crippen LogP contribution in [0.3, 0.4) is 0 Å². The number of pyridine rings is 2. The Kier molecular flexibility index (Phi) is 1.92. The van der Waals surface area contributed by atoms with Crippen molar-refractivity contribution in [3.63, 3.8) is 0 Å². The molecule has 60 valence electrons. The van der Waals surface area contributed by atoms with Gasteiger partial charge >= 0.3 is 0 Å². The average Bonchev–Trinajstić information content (AvgIpc) is 2.17. The van der Waals surface area contributed by atoms with Crippen LogP contribution in [-0.4, -0.2) is 9.97 Å². The fraction of sp³-hybridized carbons (Fsp3) is 0.111. The Hall–Kier alpha value is -1.15. The maximum atomic E-state index is 5.72. The molecular weight excluding hydrogens is 172 g/mol. The van der Waals surface area contributed by atoms with Gasteiger partial charge in [-0.25, -0.2) is 0 Å². The zero-order valence-corrected chi connectivity index (χ0v) is 7.12. The van der Waals surface area contributed by atoms with E-state index in [9.17, 15) is 0 Å². The van der Waals surface area contributed by atoms with Crippen LogP contribution in [0.5, 0.6) is 0 Å². The van der Waals surface area contributed by atoms with Crippen molar-refractivity contribution < 1.29 is 0 Å². The van der Waals surface area contributed by atoms with Gasteiger partial charge in [-0.05, 0) is 17.5 Å². The van der Waals surface area contributed by atoms with Crippen LogP contribution >= 0.6 is 11.6 Å². The molecule has 2 rings (SSSR count). The molecule has 2 nitrogen and oxygen atoms in total. The minimum atomic E-state index is 0.434. The second kappa shape index (κ2) is 3.07. The Morgan fingerprint density at radius 3 is 2.92 bits per heavy atom. The minimum absolute atomic E-state index is 0.434. The quantitative estimate of drug-likeness (QED) is 0.627. The van der Waals surface area contributed by atoms with Crippen LogP contribution in [0.15, 0.2) is 30.7 Å². The van der Waals surface area contributed by atoms with E-state index in [2.05, 4.69) is 9.97 Å². The van der Waals surface area contributed by atoms with Crippen molar-refractivity contribution >= 4 is 22.4 Å². The van der Waals surface area contributed by atoms with E-state index in [1.54, 1.807) is 18.6 Å². The van der Waals surface area contributed by atoms with E-state index in [-0.39, 0.29) is 0 Å². The summed E-state index contributed by atoms with van der Waals surface area (Å²) < 4.78 is 0. The van der Waals surface area contributed by atoms with Gasteiger partial charge in [-0.1, -0.05) is 0 Å². The largest absolute Gasteiger partial charge is 0.264 e.